The Hall–Kier alpha value is -3.67. The highest BCUT2D eigenvalue weighted by Gasteiger charge is 2.47. The van der Waals surface area contributed by atoms with E-state index in [9.17, 15) is 19.1 Å². The van der Waals surface area contributed by atoms with E-state index in [0.717, 1.165) is 28.3 Å². The number of alkyl carbamates (subject to hydrolysis) is 1. The van der Waals surface area contributed by atoms with Crippen LogP contribution >= 0.6 is 0 Å². The molecule has 2 aliphatic rings. The fourth-order valence-electron chi connectivity index (χ4n) is 4.43. The molecule has 0 spiro atoms. The Morgan fingerprint density at radius 3 is 2.19 bits per heavy atom. The van der Waals surface area contributed by atoms with Crippen LogP contribution in [-0.2, 0) is 10.3 Å². The Labute approximate surface area is 178 Å². The van der Waals surface area contributed by atoms with E-state index in [2.05, 4.69) is 17.4 Å². The number of carboxylic acid groups (broad SMARTS) is 1. The second kappa shape index (κ2) is 7.23. The minimum atomic E-state index is -1.21. The van der Waals surface area contributed by atoms with Gasteiger partial charge in [-0.3, -0.25) is 0 Å². The van der Waals surface area contributed by atoms with Crippen LogP contribution < -0.4 is 5.32 Å². The Morgan fingerprint density at radius 1 is 1.00 bits per heavy atom. The molecule has 5 nitrogen and oxygen atoms in total. The van der Waals surface area contributed by atoms with Crippen LogP contribution in [-0.4, -0.2) is 23.8 Å². The molecule has 3 aromatic rings. The summed E-state index contributed by atoms with van der Waals surface area (Å²) in [6, 6.07) is 19.8. The van der Waals surface area contributed by atoms with Gasteiger partial charge in [-0.15, -0.1) is 0 Å². The number of hydrogen-bond donors (Lipinski definition) is 2. The molecule has 0 atom stereocenters. The number of aromatic carboxylic acids is 1. The Bertz CT molecular complexity index is 1160. The molecule has 0 heterocycles. The van der Waals surface area contributed by atoms with Crippen molar-refractivity contribution in [3.8, 4) is 11.1 Å². The van der Waals surface area contributed by atoms with E-state index in [1.54, 1.807) is 0 Å². The summed E-state index contributed by atoms with van der Waals surface area (Å²) in [6.07, 6.45) is 0.597. The lowest BCUT2D eigenvalue weighted by molar-refractivity contribution is 0.0696. The molecule has 0 saturated heterocycles. The Kier molecular flexibility index (Phi) is 4.50. The molecule has 6 heteroatoms. The summed E-state index contributed by atoms with van der Waals surface area (Å²) in [7, 11) is 0. The summed E-state index contributed by atoms with van der Waals surface area (Å²) in [5.74, 6) is -1.91. The molecule has 2 N–H and O–H groups in total. The highest BCUT2D eigenvalue weighted by atomic mass is 19.1. The van der Waals surface area contributed by atoms with Crippen molar-refractivity contribution in [2.75, 3.05) is 6.61 Å². The largest absolute Gasteiger partial charge is 0.478 e. The number of fused-ring (bicyclic) bond motifs is 3. The number of carbonyl (C=O) groups excluding carboxylic acids is 1. The minimum absolute atomic E-state index is 0.0546. The molecular formula is C25H20FNO4. The average molecular weight is 417 g/mol. The third kappa shape index (κ3) is 3.44. The van der Waals surface area contributed by atoms with E-state index in [1.807, 2.05) is 36.4 Å². The highest BCUT2D eigenvalue weighted by Crippen LogP contribution is 2.47. The lowest BCUT2D eigenvalue weighted by Crippen LogP contribution is -2.36. The number of nitrogens with one attached hydrogen (secondary N) is 1. The van der Waals surface area contributed by atoms with Gasteiger partial charge in [0.25, 0.3) is 0 Å². The maximum Gasteiger partial charge on any atom is 0.407 e. The molecule has 0 aliphatic heterocycles. The van der Waals surface area contributed by atoms with Crippen LogP contribution in [0.3, 0.4) is 0 Å². The molecule has 0 radical (unpaired) electrons. The first-order valence-corrected chi connectivity index (χ1v) is 10.1. The molecule has 1 saturated carbocycles. The predicted octanol–water partition coefficient (Wildman–Crippen LogP) is 5.05. The van der Waals surface area contributed by atoms with E-state index < -0.39 is 23.4 Å². The fraction of sp³-hybridized carbons (Fsp3) is 0.200. The van der Waals surface area contributed by atoms with Crippen LogP contribution in [0.25, 0.3) is 11.1 Å². The zero-order chi connectivity index (χ0) is 21.6. The number of carboxylic acids is 1. The molecule has 0 aromatic heterocycles. The summed E-state index contributed by atoms with van der Waals surface area (Å²) in [6.45, 7) is 0.180. The van der Waals surface area contributed by atoms with Crippen molar-refractivity contribution in [1.82, 2.24) is 5.32 Å². The molecule has 1 amide bonds. The SMILES string of the molecule is O=C(NC1(c2cc(F)cc(C(=O)O)c2)CC1)OCC1c2ccccc2-c2ccccc21. The number of ether oxygens (including phenoxy) is 1. The van der Waals surface area contributed by atoms with Crippen molar-refractivity contribution >= 4 is 12.1 Å². The molecule has 3 aromatic carbocycles. The van der Waals surface area contributed by atoms with E-state index in [4.69, 9.17) is 4.74 Å². The molecule has 2 aliphatic carbocycles. The molecule has 0 unspecified atom stereocenters. The average Bonchev–Trinajstić information content (AvgIpc) is 3.47. The molecule has 1 fully saturated rings. The Morgan fingerprint density at radius 2 is 1.61 bits per heavy atom. The summed E-state index contributed by atoms with van der Waals surface area (Å²) in [5, 5.41) is 12.0. The summed E-state index contributed by atoms with van der Waals surface area (Å²) < 4.78 is 19.5. The quantitative estimate of drug-likeness (QED) is 0.609. The molecule has 0 bridgehead atoms. The lowest BCUT2D eigenvalue weighted by atomic mass is 9.98. The van der Waals surface area contributed by atoms with Gasteiger partial charge in [0.05, 0.1) is 11.1 Å². The maximum absolute atomic E-state index is 13.9. The zero-order valence-electron chi connectivity index (χ0n) is 16.6. The van der Waals surface area contributed by atoms with Crippen LogP contribution in [0.4, 0.5) is 9.18 Å². The molecule has 31 heavy (non-hydrogen) atoms. The Balaban J connectivity index is 1.32. The van der Waals surface area contributed by atoms with Crippen LogP contribution in [0.5, 0.6) is 0 Å². The summed E-state index contributed by atoms with van der Waals surface area (Å²) in [4.78, 5) is 23.9. The highest BCUT2D eigenvalue weighted by molar-refractivity contribution is 5.88. The van der Waals surface area contributed by atoms with E-state index in [0.29, 0.717) is 18.4 Å². The van der Waals surface area contributed by atoms with E-state index in [-0.39, 0.29) is 18.1 Å². The van der Waals surface area contributed by atoms with Gasteiger partial charge in [0.15, 0.2) is 0 Å². The van der Waals surface area contributed by atoms with Crippen LogP contribution in [0.1, 0.15) is 45.8 Å². The maximum atomic E-state index is 13.9. The number of amides is 1. The number of hydrogen-bond acceptors (Lipinski definition) is 3. The standard InChI is InChI=1S/C25H20FNO4/c26-17-12-15(23(28)29)11-16(13-17)25(9-10-25)27-24(30)31-14-22-20-7-3-1-5-18(20)19-6-2-4-8-21(19)22/h1-8,11-13,22H,9-10,14H2,(H,27,30)(H,28,29). The number of halogens is 1. The van der Waals surface area contributed by atoms with E-state index >= 15 is 0 Å². The van der Waals surface area contributed by atoms with Gasteiger partial charge in [-0.25, -0.2) is 14.0 Å². The predicted molar refractivity (Wildman–Crippen MR) is 112 cm³/mol. The normalized spacial score (nSPS) is 15.6. The van der Waals surface area contributed by atoms with Gasteiger partial charge in [0.1, 0.15) is 12.4 Å². The van der Waals surface area contributed by atoms with Gasteiger partial charge in [-0.1, -0.05) is 48.5 Å². The van der Waals surface area contributed by atoms with Gasteiger partial charge in [-0.2, -0.15) is 0 Å². The summed E-state index contributed by atoms with van der Waals surface area (Å²) in [5.41, 5.74) is 4.05. The first-order chi connectivity index (χ1) is 15.0. The van der Waals surface area contributed by atoms with Crippen molar-refractivity contribution in [2.24, 2.45) is 0 Å². The second-order valence-corrected chi connectivity index (χ2v) is 8.07. The van der Waals surface area contributed by atoms with Crippen molar-refractivity contribution in [3.05, 3.63) is 94.8 Å². The van der Waals surface area contributed by atoms with Gasteiger partial charge >= 0.3 is 12.1 Å². The van der Waals surface area contributed by atoms with Gasteiger partial charge in [-0.05, 0) is 58.9 Å². The van der Waals surface area contributed by atoms with Gasteiger partial charge in [0.2, 0.25) is 0 Å². The van der Waals surface area contributed by atoms with Gasteiger partial charge in [0, 0.05) is 5.92 Å². The fourth-order valence-corrected chi connectivity index (χ4v) is 4.43. The van der Waals surface area contributed by atoms with Crippen LogP contribution in [0, 0.1) is 5.82 Å². The topological polar surface area (TPSA) is 75.6 Å². The number of rotatable bonds is 5. The van der Waals surface area contributed by atoms with Crippen molar-refractivity contribution in [2.45, 2.75) is 24.3 Å². The van der Waals surface area contributed by atoms with Crippen LogP contribution in [0.2, 0.25) is 0 Å². The van der Waals surface area contributed by atoms with Crippen molar-refractivity contribution < 1.29 is 23.8 Å². The van der Waals surface area contributed by atoms with E-state index in [1.165, 1.54) is 12.1 Å². The van der Waals surface area contributed by atoms with Crippen LogP contribution in [0.15, 0.2) is 66.7 Å². The van der Waals surface area contributed by atoms with Gasteiger partial charge < -0.3 is 15.2 Å². The number of carbonyl (C=O) groups is 2. The third-order valence-electron chi connectivity index (χ3n) is 6.13. The first kappa shape index (κ1) is 19.3. The molecule has 5 rings (SSSR count). The summed E-state index contributed by atoms with van der Waals surface area (Å²) >= 11 is 0. The smallest absolute Gasteiger partial charge is 0.407 e. The minimum Gasteiger partial charge on any atom is -0.478 e. The first-order valence-electron chi connectivity index (χ1n) is 10.1. The second-order valence-electron chi connectivity index (χ2n) is 8.07. The third-order valence-corrected chi connectivity index (χ3v) is 6.13. The molecule has 156 valence electrons. The van der Waals surface area contributed by atoms with Crippen molar-refractivity contribution in [1.29, 1.82) is 0 Å². The van der Waals surface area contributed by atoms with Crippen molar-refractivity contribution in [3.63, 3.8) is 0 Å². The number of benzene rings is 3. The lowest BCUT2D eigenvalue weighted by Gasteiger charge is -2.20. The monoisotopic (exact) mass is 417 g/mol. The molecular weight excluding hydrogens is 397 g/mol. The zero-order valence-corrected chi connectivity index (χ0v) is 16.6.